The highest BCUT2D eigenvalue weighted by Crippen LogP contribution is 2.39. The predicted molar refractivity (Wildman–Crippen MR) is 122 cm³/mol. The molecule has 0 atom stereocenters. The van der Waals surface area contributed by atoms with Gasteiger partial charge < -0.3 is 14.7 Å². The van der Waals surface area contributed by atoms with Gasteiger partial charge in [0.1, 0.15) is 5.75 Å². The summed E-state index contributed by atoms with van der Waals surface area (Å²) < 4.78 is 6.34. The summed E-state index contributed by atoms with van der Waals surface area (Å²) in [6.07, 6.45) is 6.57. The fourth-order valence-corrected chi connectivity index (χ4v) is 5.06. The molecule has 4 nitrogen and oxygen atoms in total. The number of nitrogens with zero attached hydrogens (tertiary/aromatic N) is 1. The van der Waals surface area contributed by atoms with Gasteiger partial charge in [-0.05, 0) is 84.9 Å². The molecule has 1 N–H and O–H groups in total. The molecular weight excluding hydrogens is 374 g/mol. The molecule has 2 aliphatic rings. The van der Waals surface area contributed by atoms with Crippen molar-refractivity contribution >= 4 is 22.4 Å². The first kappa shape index (κ1) is 21.0. The molecule has 30 heavy (non-hydrogen) atoms. The number of benzene rings is 2. The largest absolute Gasteiger partial charge is 0.490 e. The summed E-state index contributed by atoms with van der Waals surface area (Å²) >= 11 is 0. The number of carbonyl (C=O) groups is 1. The molecule has 0 bridgehead atoms. The van der Waals surface area contributed by atoms with Gasteiger partial charge in [0.2, 0.25) is 0 Å². The Hall–Kier alpha value is -2.23. The Bertz CT molecular complexity index is 902. The van der Waals surface area contributed by atoms with Crippen LogP contribution in [0.2, 0.25) is 0 Å². The number of fused-ring (bicyclic) bond motifs is 1. The zero-order valence-electron chi connectivity index (χ0n) is 18.7. The molecule has 0 amide bonds. The molecule has 2 saturated carbocycles. The van der Waals surface area contributed by atoms with E-state index in [4.69, 9.17) is 9.84 Å². The second-order valence-electron chi connectivity index (χ2n) is 10.4. The first-order valence-electron chi connectivity index (χ1n) is 11.4. The second kappa shape index (κ2) is 8.13. The smallest absolute Gasteiger partial charge is 0.306 e. The Morgan fingerprint density at radius 2 is 1.63 bits per heavy atom. The van der Waals surface area contributed by atoms with Crippen molar-refractivity contribution in [1.29, 1.82) is 0 Å². The molecule has 0 aliphatic heterocycles. The van der Waals surface area contributed by atoms with Gasteiger partial charge in [-0.3, -0.25) is 4.79 Å². The molecule has 4 heteroatoms. The zero-order valence-corrected chi connectivity index (χ0v) is 18.7. The zero-order chi connectivity index (χ0) is 21.5. The summed E-state index contributed by atoms with van der Waals surface area (Å²) in [4.78, 5) is 13.3. The molecule has 2 fully saturated rings. The SMILES string of the molecule is CN(c1ccc2cc(OC3CCC(C(C)(C)C)CC3)ccc2c1)C1CC(C(=O)O)C1. The molecule has 0 heterocycles. The molecule has 162 valence electrons. The van der Waals surface area contributed by atoms with Crippen LogP contribution in [0.25, 0.3) is 10.8 Å². The summed E-state index contributed by atoms with van der Waals surface area (Å²) in [6, 6.07) is 13.2. The molecule has 0 radical (unpaired) electrons. The lowest BCUT2D eigenvalue weighted by Gasteiger charge is -2.40. The number of rotatable bonds is 5. The standard InChI is InChI=1S/C26H35NO3/c1-26(2,3)20-7-11-23(12-8-20)30-24-10-6-17-13-21(9-5-18(17)16-24)27(4)22-14-19(15-22)25(28)29/h5-6,9-10,13,16,19-20,22-23H,7-8,11-12,14-15H2,1-4H3,(H,28,29). The highest BCUT2D eigenvalue weighted by atomic mass is 16.5. The second-order valence-corrected chi connectivity index (χ2v) is 10.4. The van der Waals surface area contributed by atoms with Crippen molar-refractivity contribution in [3.05, 3.63) is 36.4 Å². The monoisotopic (exact) mass is 409 g/mol. The van der Waals surface area contributed by atoms with E-state index in [-0.39, 0.29) is 5.92 Å². The van der Waals surface area contributed by atoms with Crippen molar-refractivity contribution < 1.29 is 14.6 Å². The van der Waals surface area contributed by atoms with Gasteiger partial charge in [0.15, 0.2) is 0 Å². The minimum Gasteiger partial charge on any atom is -0.490 e. The Kier molecular flexibility index (Phi) is 5.69. The third-order valence-corrected chi connectivity index (χ3v) is 7.41. The Morgan fingerprint density at radius 1 is 1.00 bits per heavy atom. The van der Waals surface area contributed by atoms with E-state index in [0.29, 0.717) is 17.6 Å². The molecule has 2 aromatic carbocycles. The fourth-order valence-electron chi connectivity index (χ4n) is 5.06. The minimum atomic E-state index is -0.669. The highest BCUT2D eigenvalue weighted by Gasteiger charge is 2.37. The average Bonchev–Trinajstić information content (AvgIpc) is 2.65. The van der Waals surface area contributed by atoms with Crippen LogP contribution in [0.1, 0.15) is 59.3 Å². The normalized spacial score (nSPS) is 26.8. The van der Waals surface area contributed by atoms with Crippen LogP contribution in [0.15, 0.2) is 36.4 Å². The predicted octanol–water partition coefficient (Wildman–Crippen LogP) is 6.12. The van der Waals surface area contributed by atoms with E-state index in [2.05, 4.69) is 69.1 Å². The van der Waals surface area contributed by atoms with Crippen molar-refractivity contribution in [2.24, 2.45) is 17.3 Å². The van der Waals surface area contributed by atoms with E-state index in [1.807, 2.05) is 0 Å². The van der Waals surface area contributed by atoms with Gasteiger partial charge in [0.25, 0.3) is 0 Å². The summed E-state index contributed by atoms with van der Waals surface area (Å²) in [6.45, 7) is 7.05. The Morgan fingerprint density at radius 3 is 2.27 bits per heavy atom. The Balaban J connectivity index is 1.38. The lowest BCUT2D eigenvalue weighted by molar-refractivity contribution is -0.145. The maximum Gasteiger partial charge on any atom is 0.306 e. The number of hydrogen-bond acceptors (Lipinski definition) is 3. The third kappa shape index (κ3) is 4.43. The maximum atomic E-state index is 11.1. The summed E-state index contributed by atoms with van der Waals surface area (Å²) in [5.74, 6) is 0.908. The van der Waals surface area contributed by atoms with Crippen LogP contribution < -0.4 is 9.64 Å². The van der Waals surface area contributed by atoms with Crippen molar-refractivity contribution in [2.75, 3.05) is 11.9 Å². The summed E-state index contributed by atoms with van der Waals surface area (Å²) in [5, 5.41) is 11.5. The minimum absolute atomic E-state index is 0.184. The molecule has 0 saturated heterocycles. The van der Waals surface area contributed by atoms with Crippen molar-refractivity contribution in [3.63, 3.8) is 0 Å². The van der Waals surface area contributed by atoms with Crippen LogP contribution in [-0.4, -0.2) is 30.3 Å². The molecule has 0 spiro atoms. The topological polar surface area (TPSA) is 49.8 Å². The van der Waals surface area contributed by atoms with Gasteiger partial charge in [-0.15, -0.1) is 0 Å². The van der Waals surface area contributed by atoms with Gasteiger partial charge in [0, 0.05) is 18.8 Å². The van der Waals surface area contributed by atoms with Gasteiger partial charge in [-0.1, -0.05) is 32.9 Å². The van der Waals surface area contributed by atoms with E-state index in [1.165, 1.54) is 23.6 Å². The van der Waals surface area contributed by atoms with Crippen LogP contribution in [0.4, 0.5) is 5.69 Å². The molecule has 2 aliphatic carbocycles. The molecule has 2 aromatic rings. The number of hydrogen-bond donors (Lipinski definition) is 1. The van der Waals surface area contributed by atoms with Crippen LogP contribution in [-0.2, 0) is 4.79 Å². The van der Waals surface area contributed by atoms with Crippen LogP contribution >= 0.6 is 0 Å². The molecular formula is C26H35NO3. The van der Waals surface area contributed by atoms with E-state index in [9.17, 15) is 4.79 Å². The van der Waals surface area contributed by atoms with Crippen molar-refractivity contribution in [2.45, 2.75) is 71.4 Å². The first-order chi connectivity index (χ1) is 14.2. The van der Waals surface area contributed by atoms with Gasteiger partial charge >= 0.3 is 5.97 Å². The van der Waals surface area contributed by atoms with Crippen LogP contribution in [0.3, 0.4) is 0 Å². The van der Waals surface area contributed by atoms with E-state index < -0.39 is 5.97 Å². The van der Waals surface area contributed by atoms with Gasteiger partial charge in [-0.25, -0.2) is 0 Å². The van der Waals surface area contributed by atoms with Crippen LogP contribution in [0.5, 0.6) is 5.75 Å². The van der Waals surface area contributed by atoms with Gasteiger partial charge in [0.05, 0.1) is 12.0 Å². The average molecular weight is 410 g/mol. The summed E-state index contributed by atoms with van der Waals surface area (Å²) in [7, 11) is 2.06. The Labute approximate surface area is 180 Å². The number of carboxylic acid groups (broad SMARTS) is 1. The molecule has 4 rings (SSSR count). The number of anilines is 1. The molecule has 0 unspecified atom stereocenters. The third-order valence-electron chi connectivity index (χ3n) is 7.41. The van der Waals surface area contributed by atoms with E-state index in [1.54, 1.807) is 0 Å². The lowest BCUT2D eigenvalue weighted by Crippen LogP contribution is -2.45. The number of aliphatic carboxylic acids is 1. The number of ether oxygens (including phenoxy) is 1. The van der Waals surface area contributed by atoms with E-state index >= 15 is 0 Å². The fraction of sp³-hybridized carbons (Fsp3) is 0.577. The van der Waals surface area contributed by atoms with Gasteiger partial charge in [-0.2, -0.15) is 0 Å². The first-order valence-corrected chi connectivity index (χ1v) is 11.4. The summed E-state index contributed by atoms with van der Waals surface area (Å²) in [5.41, 5.74) is 1.54. The maximum absolute atomic E-state index is 11.1. The highest BCUT2D eigenvalue weighted by molar-refractivity contribution is 5.87. The van der Waals surface area contributed by atoms with Crippen LogP contribution in [0, 0.1) is 17.3 Å². The van der Waals surface area contributed by atoms with Crippen molar-refractivity contribution in [1.82, 2.24) is 0 Å². The number of carboxylic acids is 1. The lowest BCUT2D eigenvalue weighted by atomic mass is 9.72. The quantitative estimate of drug-likeness (QED) is 0.646. The van der Waals surface area contributed by atoms with Crippen molar-refractivity contribution in [3.8, 4) is 5.75 Å². The van der Waals surface area contributed by atoms with E-state index in [0.717, 1.165) is 43.0 Å². The molecule has 0 aromatic heterocycles.